The van der Waals surface area contributed by atoms with Gasteiger partial charge in [-0.2, -0.15) is 23.3 Å². The van der Waals surface area contributed by atoms with Crippen molar-refractivity contribution in [1.82, 2.24) is 24.7 Å². The van der Waals surface area contributed by atoms with Crippen molar-refractivity contribution in [2.45, 2.75) is 51.8 Å². The first-order valence-electron chi connectivity index (χ1n) is 10.4. The van der Waals surface area contributed by atoms with Crippen molar-refractivity contribution in [2.75, 3.05) is 22.6 Å². The van der Waals surface area contributed by atoms with Crippen LogP contribution in [0.3, 0.4) is 0 Å². The molecule has 0 bridgehead atoms. The average molecular weight is 462 g/mol. The van der Waals surface area contributed by atoms with Crippen LogP contribution >= 0.6 is 0 Å². The van der Waals surface area contributed by atoms with Crippen LogP contribution in [0.25, 0.3) is 0 Å². The van der Waals surface area contributed by atoms with Crippen molar-refractivity contribution in [1.29, 1.82) is 0 Å². The monoisotopic (exact) mass is 462 g/mol. The van der Waals surface area contributed by atoms with E-state index in [1.807, 2.05) is 38.9 Å². The Kier molecular flexibility index (Phi) is 5.87. The van der Waals surface area contributed by atoms with Crippen molar-refractivity contribution in [3.63, 3.8) is 0 Å². The highest BCUT2D eigenvalue weighted by molar-refractivity contribution is 5.72. The predicted molar refractivity (Wildman–Crippen MR) is 117 cm³/mol. The third kappa shape index (κ3) is 4.56. The SMILES string of the molecule is Cc1nc(NCc2cnn([C@H](C)c3ccc(C(F)(F)F)nc3)c2)nc2c1NC(O)[C@H](C)N2C. The van der Waals surface area contributed by atoms with Crippen LogP contribution in [0, 0.1) is 6.92 Å². The summed E-state index contributed by atoms with van der Waals surface area (Å²) in [6.07, 6.45) is -0.465. The molecule has 1 aliphatic heterocycles. The molecule has 1 unspecified atom stereocenters. The lowest BCUT2D eigenvalue weighted by molar-refractivity contribution is -0.141. The van der Waals surface area contributed by atoms with Gasteiger partial charge in [0.25, 0.3) is 0 Å². The van der Waals surface area contributed by atoms with Crippen LogP contribution in [0.2, 0.25) is 0 Å². The summed E-state index contributed by atoms with van der Waals surface area (Å²) in [4.78, 5) is 14.5. The van der Waals surface area contributed by atoms with Crippen LogP contribution in [0.1, 0.15) is 42.4 Å². The second kappa shape index (κ2) is 8.50. The Morgan fingerprint density at radius 1 is 1.24 bits per heavy atom. The number of aliphatic hydroxyl groups excluding tert-OH is 1. The molecule has 0 amide bonds. The number of nitrogens with zero attached hydrogens (tertiary/aromatic N) is 6. The van der Waals surface area contributed by atoms with Gasteiger partial charge in [0.2, 0.25) is 5.95 Å². The maximum absolute atomic E-state index is 12.7. The third-order valence-corrected chi connectivity index (χ3v) is 5.83. The number of fused-ring (bicyclic) bond motifs is 1. The van der Waals surface area contributed by atoms with Gasteiger partial charge in [-0.1, -0.05) is 6.07 Å². The van der Waals surface area contributed by atoms with E-state index in [0.717, 1.165) is 11.6 Å². The molecule has 1 aliphatic rings. The average Bonchev–Trinajstić information content (AvgIpc) is 3.25. The van der Waals surface area contributed by atoms with Gasteiger partial charge in [-0.05, 0) is 32.4 Å². The molecule has 0 aromatic carbocycles. The molecule has 0 fully saturated rings. The Balaban J connectivity index is 1.45. The van der Waals surface area contributed by atoms with Crippen LogP contribution in [0.4, 0.5) is 30.6 Å². The van der Waals surface area contributed by atoms with Gasteiger partial charge in [0, 0.05) is 31.5 Å². The van der Waals surface area contributed by atoms with Crippen molar-refractivity contribution >= 4 is 17.5 Å². The van der Waals surface area contributed by atoms with E-state index in [2.05, 4.69) is 30.7 Å². The molecule has 0 aliphatic carbocycles. The second-order valence-electron chi connectivity index (χ2n) is 8.10. The Morgan fingerprint density at radius 2 is 2.00 bits per heavy atom. The Labute approximate surface area is 188 Å². The number of rotatable bonds is 5. The molecule has 0 saturated heterocycles. The van der Waals surface area contributed by atoms with Crippen LogP contribution in [0.15, 0.2) is 30.7 Å². The molecule has 0 radical (unpaired) electrons. The van der Waals surface area contributed by atoms with Gasteiger partial charge in [-0.15, -0.1) is 0 Å². The van der Waals surface area contributed by atoms with E-state index in [-0.39, 0.29) is 12.1 Å². The highest BCUT2D eigenvalue weighted by Gasteiger charge is 2.32. The zero-order valence-corrected chi connectivity index (χ0v) is 18.6. The summed E-state index contributed by atoms with van der Waals surface area (Å²) in [5.74, 6) is 1.14. The lowest BCUT2D eigenvalue weighted by Crippen LogP contribution is -2.48. The summed E-state index contributed by atoms with van der Waals surface area (Å²) in [5.41, 5.74) is 1.95. The molecular formula is C21H25F3N8O. The summed E-state index contributed by atoms with van der Waals surface area (Å²) < 4.78 is 39.9. The first kappa shape index (κ1) is 22.8. The van der Waals surface area contributed by atoms with E-state index in [0.29, 0.717) is 35.3 Å². The molecule has 9 nitrogen and oxygen atoms in total. The van der Waals surface area contributed by atoms with E-state index in [1.54, 1.807) is 10.9 Å². The molecule has 12 heteroatoms. The molecule has 4 rings (SSSR count). The lowest BCUT2D eigenvalue weighted by Gasteiger charge is -2.37. The van der Waals surface area contributed by atoms with E-state index in [9.17, 15) is 18.3 Å². The number of pyridine rings is 1. The van der Waals surface area contributed by atoms with E-state index in [1.165, 1.54) is 12.3 Å². The summed E-state index contributed by atoms with van der Waals surface area (Å²) in [5, 5.41) is 20.7. The molecule has 3 aromatic heterocycles. The molecule has 0 saturated carbocycles. The van der Waals surface area contributed by atoms with E-state index < -0.39 is 18.1 Å². The second-order valence-corrected chi connectivity index (χ2v) is 8.10. The van der Waals surface area contributed by atoms with Crippen molar-refractivity contribution in [2.24, 2.45) is 0 Å². The summed E-state index contributed by atoms with van der Waals surface area (Å²) in [6, 6.07) is 1.94. The van der Waals surface area contributed by atoms with Gasteiger partial charge in [-0.3, -0.25) is 9.67 Å². The van der Waals surface area contributed by atoms with Gasteiger partial charge in [0.15, 0.2) is 5.82 Å². The van der Waals surface area contributed by atoms with Crippen molar-refractivity contribution in [3.8, 4) is 0 Å². The molecular weight excluding hydrogens is 437 g/mol. The molecule has 3 N–H and O–H groups in total. The van der Waals surface area contributed by atoms with Gasteiger partial charge in [0.1, 0.15) is 17.6 Å². The van der Waals surface area contributed by atoms with Crippen molar-refractivity contribution < 1.29 is 18.3 Å². The minimum atomic E-state index is -4.47. The van der Waals surface area contributed by atoms with Crippen LogP contribution in [-0.4, -0.2) is 49.2 Å². The molecule has 3 aromatic rings. The van der Waals surface area contributed by atoms with Crippen LogP contribution in [0.5, 0.6) is 0 Å². The maximum Gasteiger partial charge on any atom is 0.433 e. The number of hydrogen-bond donors (Lipinski definition) is 3. The topological polar surface area (TPSA) is 104 Å². The first-order valence-corrected chi connectivity index (χ1v) is 10.4. The van der Waals surface area contributed by atoms with Crippen LogP contribution in [-0.2, 0) is 12.7 Å². The number of alkyl halides is 3. The molecule has 0 spiro atoms. The van der Waals surface area contributed by atoms with Gasteiger partial charge >= 0.3 is 6.18 Å². The zero-order valence-electron chi connectivity index (χ0n) is 18.6. The van der Waals surface area contributed by atoms with Gasteiger partial charge in [-0.25, -0.2) is 4.98 Å². The minimum Gasteiger partial charge on any atom is -0.372 e. The third-order valence-electron chi connectivity index (χ3n) is 5.83. The summed E-state index contributed by atoms with van der Waals surface area (Å²) >= 11 is 0. The quantitative estimate of drug-likeness (QED) is 0.531. The van der Waals surface area contributed by atoms with Crippen LogP contribution < -0.4 is 15.5 Å². The number of aliphatic hydroxyl groups is 1. The number of anilines is 3. The Bertz CT molecular complexity index is 1130. The molecule has 33 heavy (non-hydrogen) atoms. The lowest BCUT2D eigenvalue weighted by atomic mass is 10.1. The highest BCUT2D eigenvalue weighted by atomic mass is 19.4. The summed E-state index contributed by atoms with van der Waals surface area (Å²) in [7, 11) is 1.87. The van der Waals surface area contributed by atoms with Gasteiger partial charge < -0.3 is 20.6 Å². The summed E-state index contributed by atoms with van der Waals surface area (Å²) in [6.45, 7) is 5.98. The number of hydrogen-bond acceptors (Lipinski definition) is 8. The molecule has 176 valence electrons. The zero-order chi connectivity index (χ0) is 23.9. The predicted octanol–water partition coefficient (Wildman–Crippen LogP) is 3.19. The number of aromatic nitrogens is 5. The normalized spacial score (nSPS) is 19.1. The fourth-order valence-electron chi connectivity index (χ4n) is 3.57. The van der Waals surface area contributed by atoms with E-state index >= 15 is 0 Å². The number of halogens is 3. The minimum absolute atomic E-state index is 0.154. The van der Waals surface area contributed by atoms with Gasteiger partial charge in [0.05, 0.1) is 24.0 Å². The smallest absolute Gasteiger partial charge is 0.372 e. The Hall–Kier alpha value is -3.41. The number of nitrogens with one attached hydrogen (secondary N) is 2. The standard InChI is InChI=1S/C21H25F3N8O/c1-11-17-18(31(4)13(3)19(33)29-17)30-20(28-11)26-7-14-8-27-32(10-14)12(2)15-5-6-16(25-9-15)21(22,23)24/h5-6,8-10,12-13,19,29,33H,7H2,1-4H3,(H,26,28,30)/t12-,13+,19?/m1/s1. The Morgan fingerprint density at radius 3 is 2.67 bits per heavy atom. The highest BCUT2D eigenvalue weighted by Crippen LogP contribution is 2.33. The maximum atomic E-state index is 12.7. The first-order chi connectivity index (χ1) is 15.5. The van der Waals surface area contributed by atoms with E-state index in [4.69, 9.17) is 0 Å². The largest absolute Gasteiger partial charge is 0.433 e. The van der Waals surface area contributed by atoms with Crippen molar-refractivity contribution in [3.05, 3.63) is 53.2 Å². The molecule has 3 atom stereocenters. The number of aryl methyl sites for hydroxylation is 1. The fourth-order valence-corrected chi connectivity index (χ4v) is 3.57. The number of likely N-dealkylation sites (N-methyl/N-ethyl adjacent to an activating group) is 1. The molecule has 4 heterocycles. The fraction of sp³-hybridized carbons (Fsp3) is 0.429.